The fraction of sp³-hybridized carbons (Fsp3) is 0.533. The van der Waals surface area contributed by atoms with Gasteiger partial charge >= 0.3 is 0 Å². The summed E-state index contributed by atoms with van der Waals surface area (Å²) in [6.45, 7) is 4.74. The van der Waals surface area contributed by atoms with E-state index in [0.717, 1.165) is 60.8 Å². The molecule has 0 aliphatic carbocycles. The molecule has 0 spiro atoms. The van der Waals surface area contributed by atoms with Gasteiger partial charge in [0.2, 0.25) is 0 Å². The molecule has 2 aromatic heterocycles. The largest absolute Gasteiger partial charge is 0.378 e. The van der Waals surface area contributed by atoms with Gasteiger partial charge in [0.25, 0.3) is 0 Å². The van der Waals surface area contributed by atoms with E-state index in [1.807, 2.05) is 4.40 Å². The molecule has 1 fully saturated rings. The van der Waals surface area contributed by atoms with Crippen molar-refractivity contribution in [3.8, 4) is 6.07 Å². The lowest BCUT2D eigenvalue weighted by molar-refractivity contribution is 0.122. The third kappa shape index (κ3) is 1.95. The summed E-state index contributed by atoms with van der Waals surface area (Å²) in [7, 11) is 2.09. The fourth-order valence-electron chi connectivity index (χ4n) is 3.43. The van der Waals surface area contributed by atoms with Crippen LogP contribution in [-0.4, -0.2) is 59.4 Å². The monoisotopic (exact) mass is 298 g/mol. The van der Waals surface area contributed by atoms with Crippen molar-refractivity contribution < 1.29 is 4.74 Å². The number of nitrogens with zero attached hydrogens (tertiary/aromatic N) is 6. The lowest BCUT2D eigenvalue weighted by atomic mass is 9.96. The zero-order valence-electron chi connectivity index (χ0n) is 12.6. The smallest absolute Gasteiger partial charge is 0.167 e. The van der Waals surface area contributed by atoms with Gasteiger partial charge in [-0.2, -0.15) is 5.26 Å². The van der Waals surface area contributed by atoms with Gasteiger partial charge in [-0.3, -0.25) is 4.40 Å². The highest BCUT2D eigenvalue weighted by atomic mass is 16.5. The van der Waals surface area contributed by atoms with Crippen molar-refractivity contribution in [2.24, 2.45) is 0 Å². The lowest BCUT2D eigenvalue weighted by Gasteiger charge is -2.33. The first-order valence-corrected chi connectivity index (χ1v) is 7.58. The molecule has 0 amide bonds. The Balaban J connectivity index is 1.98. The minimum atomic E-state index is 0.689. The van der Waals surface area contributed by atoms with E-state index < -0.39 is 0 Å². The fourth-order valence-corrected chi connectivity index (χ4v) is 3.43. The molecular weight excluding hydrogens is 280 g/mol. The van der Waals surface area contributed by atoms with Crippen molar-refractivity contribution in [2.45, 2.75) is 13.0 Å². The summed E-state index contributed by atoms with van der Waals surface area (Å²) >= 11 is 0. The summed E-state index contributed by atoms with van der Waals surface area (Å²) in [5.41, 5.74) is 3.93. The predicted octanol–water partition coefficient (Wildman–Crippen LogP) is 0.425. The Morgan fingerprint density at radius 3 is 2.82 bits per heavy atom. The van der Waals surface area contributed by atoms with Crippen LogP contribution in [0.2, 0.25) is 0 Å². The van der Waals surface area contributed by atoms with Crippen LogP contribution in [0.5, 0.6) is 0 Å². The SMILES string of the molecule is CN1CCc2c(C#N)c(N3CCOCC3)n3cnnc3c2C1. The van der Waals surface area contributed by atoms with E-state index in [2.05, 4.69) is 33.1 Å². The summed E-state index contributed by atoms with van der Waals surface area (Å²) < 4.78 is 7.42. The first kappa shape index (κ1) is 13.5. The Morgan fingerprint density at radius 1 is 1.23 bits per heavy atom. The van der Waals surface area contributed by atoms with Gasteiger partial charge in [-0.25, -0.2) is 0 Å². The van der Waals surface area contributed by atoms with E-state index in [4.69, 9.17) is 4.74 Å². The molecule has 0 saturated carbocycles. The van der Waals surface area contributed by atoms with Crippen LogP contribution >= 0.6 is 0 Å². The maximum absolute atomic E-state index is 9.79. The van der Waals surface area contributed by atoms with Crippen LogP contribution in [0.15, 0.2) is 6.33 Å². The molecule has 22 heavy (non-hydrogen) atoms. The number of hydrogen-bond donors (Lipinski definition) is 0. The van der Waals surface area contributed by atoms with Crippen LogP contribution in [0.1, 0.15) is 16.7 Å². The number of anilines is 1. The predicted molar refractivity (Wildman–Crippen MR) is 80.8 cm³/mol. The van der Waals surface area contributed by atoms with Crippen molar-refractivity contribution in [3.05, 3.63) is 23.0 Å². The van der Waals surface area contributed by atoms with Crippen LogP contribution in [0.4, 0.5) is 5.82 Å². The van der Waals surface area contributed by atoms with E-state index in [0.29, 0.717) is 13.2 Å². The van der Waals surface area contributed by atoms with Gasteiger partial charge in [0, 0.05) is 31.7 Å². The molecule has 2 aliphatic heterocycles. The summed E-state index contributed by atoms with van der Waals surface area (Å²) in [6, 6.07) is 2.44. The lowest BCUT2D eigenvalue weighted by Crippen LogP contribution is -2.38. The number of fused-ring (bicyclic) bond motifs is 3. The van der Waals surface area contributed by atoms with Gasteiger partial charge < -0.3 is 14.5 Å². The number of nitriles is 1. The second-order valence-electron chi connectivity index (χ2n) is 5.88. The molecular formula is C15H18N6O. The molecule has 2 aliphatic rings. The number of aromatic nitrogens is 3. The van der Waals surface area contributed by atoms with Crippen molar-refractivity contribution >= 4 is 11.5 Å². The summed E-state index contributed by atoms with van der Waals surface area (Å²) in [5.74, 6) is 0.925. The quantitative estimate of drug-likeness (QED) is 0.760. The molecule has 0 unspecified atom stereocenters. The standard InChI is InChI=1S/C15H18N6O/c1-19-3-2-11-12(8-16)15(20-4-6-22-7-5-20)21-10-17-18-14(21)13(11)9-19/h10H,2-7,9H2,1H3. The van der Waals surface area contributed by atoms with Crippen molar-refractivity contribution in [1.82, 2.24) is 19.5 Å². The third-order valence-corrected chi connectivity index (χ3v) is 4.53. The van der Waals surface area contributed by atoms with E-state index in [-0.39, 0.29) is 0 Å². The number of rotatable bonds is 1. The van der Waals surface area contributed by atoms with Crippen LogP contribution in [0, 0.1) is 11.3 Å². The number of hydrogen-bond acceptors (Lipinski definition) is 6. The molecule has 1 saturated heterocycles. The van der Waals surface area contributed by atoms with Gasteiger partial charge in [0.15, 0.2) is 5.65 Å². The first-order valence-electron chi connectivity index (χ1n) is 7.58. The molecule has 114 valence electrons. The topological polar surface area (TPSA) is 69.7 Å². The van der Waals surface area contributed by atoms with Gasteiger partial charge in [-0.1, -0.05) is 0 Å². The normalized spacial score (nSPS) is 19.2. The molecule has 4 heterocycles. The van der Waals surface area contributed by atoms with Crippen molar-refractivity contribution in [3.63, 3.8) is 0 Å². The second kappa shape index (κ2) is 5.23. The number of morpholine rings is 1. The maximum atomic E-state index is 9.79. The van der Waals surface area contributed by atoms with E-state index >= 15 is 0 Å². The van der Waals surface area contributed by atoms with Gasteiger partial charge in [-0.15, -0.1) is 10.2 Å². The van der Waals surface area contributed by atoms with Crippen molar-refractivity contribution in [1.29, 1.82) is 5.26 Å². The Morgan fingerprint density at radius 2 is 2.05 bits per heavy atom. The summed E-state index contributed by atoms with van der Waals surface area (Å²) in [5, 5.41) is 18.2. The molecule has 7 nitrogen and oxygen atoms in total. The molecule has 2 aromatic rings. The van der Waals surface area contributed by atoms with Crippen LogP contribution < -0.4 is 4.90 Å². The molecule has 0 bridgehead atoms. The highest BCUT2D eigenvalue weighted by molar-refractivity contribution is 5.69. The van der Waals surface area contributed by atoms with E-state index in [1.165, 1.54) is 0 Å². The highest BCUT2D eigenvalue weighted by Crippen LogP contribution is 2.32. The molecule has 0 N–H and O–H groups in total. The van der Waals surface area contributed by atoms with E-state index in [9.17, 15) is 5.26 Å². The zero-order valence-corrected chi connectivity index (χ0v) is 12.6. The Bertz CT molecular complexity index is 755. The first-order chi connectivity index (χ1) is 10.8. The number of ether oxygens (including phenoxy) is 1. The maximum Gasteiger partial charge on any atom is 0.167 e. The average Bonchev–Trinajstić information content (AvgIpc) is 3.04. The Kier molecular flexibility index (Phi) is 3.21. The Hall–Kier alpha value is -2.17. The summed E-state index contributed by atoms with van der Waals surface area (Å²) in [4.78, 5) is 4.48. The zero-order chi connectivity index (χ0) is 15.1. The van der Waals surface area contributed by atoms with Crippen LogP contribution in [0.25, 0.3) is 5.65 Å². The second-order valence-corrected chi connectivity index (χ2v) is 5.88. The summed E-state index contributed by atoms with van der Waals surface area (Å²) in [6.07, 6.45) is 2.60. The number of pyridine rings is 1. The van der Waals surface area contributed by atoms with Gasteiger partial charge in [0.1, 0.15) is 18.2 Å². The third-order valence-electron chi connectivity index (χ3n) is 4.53. The molecule has 7 heteroatoms. The molecule has 0 aromatic carbocycles. The number of likely N-dealkylation sites (N-methyl/N-ethyl adjacent to an activating group) is 1. The van der Waals surface area contributed by atoms with Crippen molar-refractivity contribution in [2.75, 3.05) is 44.8 Å². The Labute approximate surface area is 128 Å². The minimum absolute atomic E-state index is 0.689. The van der Waals surface area contributed by atoms with E-state index in [1.54, 1.807) is 6.33 Å². The molecule has 0 radical (unpaired) electrons. The van der Waals surface area contributed by atoms with Crippen LogP contribution in [-0.2, 0) is 17.7 Å². The van der Waals surface area contributed by atoms with Gasteiger partial charge in [0.05, 0.1) is 18.8 Å². The molecule has 4 rings (SSSR count). The van der Waals surface area contributed by atoms with Gasteiger partial charge in [-0.05, 0) is 19.0 Å². The molecule has 0 atom stereocenters. The average molecular weight is 298 g/mol. The minimum Gasteiger partial charge on any atom is -0.378 e. The van der Waals surface area contributed by atoms with Crippen LogP contribution in [0.3, 0.4) is 0 Å². The highest BCUT2D eigenvalue weighted by Gasteiger charge is 2.27.